The summed E-state index contributed by atoms with van der Waals surface area (Å²) >= 11 is 1.74. The highest BCUT2D eigenvalue weighted by Gasteiger charge is 2.17. The fourth-order valence-electron chi connectivity index (χ4n) is 2.27. The largest absolute Gasteiger partial charge is 0.270 e. The lowest BCUT2D eigenvalue weighted by atomic mass is 10.2. The molecule has 0 spiro atoms. The second-order valence-electron chi connectivity index (χ2n) is 5.02. The van der Waals surface area contributed by atoms with Gasteiger partial charge in [-0.05, 0) is 37.1 Å². The minimum atomic E-state index is 0.834. The average Bonchev–Trinajstić information content (AvgIpc) is 2.98. The summed E-state index contributed by atoms with van der Waals surface area (Å²) in [6.45, 7) is 4.28. The summed E-state index contributed by atoms with van der Waals surface area (Å²) < 4.78 is 2.13. The number of rotatable bonds is 5. The van der Waals surface area contributed by atoms with Gasteiger partial charge in [-0.2, -0.15) is 0 Å². The molecule has 2 heterocycles. The predicted molar refractivity (Wildman–Crippen MR) is 90.3 cm³/mol. The zero-order valence-electron chi connectivity index (χ0n) is 12.7. The molecule has 1 aromatic carbocycles. The fourth-order valence-corrected chi connectivity index (χ4v) is 3.07. The lowest BCUT2D eigenvalue weighted by Gasteiger charge is -2.12. The monoisotopic (exact) mass is 310 g/mol. The standard InChI is InChI=1S/C17H18N4S/c1-3-11-22-17-20-19-16(14-8-6-10-18-12-14)21(17)15-9-5-4-7-13(15)2/h4-10,12H,3,11H2,1-2H3. The molecular formula is C17H18N4S. The van der Waals surface area contributed by atoms with Gasteiger partial charge in [0.1, 0.15) is 0 Å². The van der Waals surface area contributed by atoms with E-state index < -0.39 is 0 Å². The summed E-state index contributed by atoms with van der Waals surface area (Å²) in [5.74, 6) is 1.86. The Bertz CT molecular complexity index is 752. The topological polar surface area (TPSA) is 43.6 Å². The van der Waals surface area contributed by atoms with E-state index in [0.29, 0.717) is 0 Å². The number of hydrogen-bond acceptors (Lipinski definition) is 4. The summed E-state index contributed by atoms with van der Waals surface area (Å²) in [6.07, 6.45) is 4.70. The number of aryl methyl sites for hydroxylation is 1. The Morgan fingerprint density at radius 3 is 2.68 bits per heavy atom. The molecule has 0 saturated carbocycles. The van der Waals surface area contributed by atoms with Crippen LogP contribution in [-0.2, 0) is 0 Å². The highest BCUT2D eigenvalue weighted by atomic mass is 32.2. The third-order valence-corrected chi connectivity index (χ3v) is 4.48. The number of aromatic nitrogens is 4. The van der Waals surface area contributed by atoms with Crippen LogP contribution in [0.4, 0.5) is 0 Å². The molecule has 0 atom stereocenters. The highest BCUT2D eigenvalue weighted by Crippen LogP contribution is 2.29. The molecule has 0 fully saturated rings. The van der Waals surface area contributed by atoms with Gasteiger partial charge < -0.3 is 0 Å². The zero-order valence-corrected chi connectivity index (χ0v) is 13.5. The Labute approximate surface area is 134 Å². The number of thioether (sulfide) groups is 1. The minimum absolute atomic E-state index is 0.834. The molecule has 0 saturated heterocycles. The third-order valence-electron chi connectivity index (χ3n) is 3.34. The molecule has 0 aliphatic heterocycles. The normalized spacial score (nSPS) is 10.8. The van der Waals surface area contributed by atoms with E-state index in [-0.39, 0.29) is 0 Å². The first kappa shape index (κ1) is 14.8. The number of pyridine rings is 1. The first-order valence-corrected chi connectivity index (χ1v) is 8.34. The van der Waals surface area contributed by atoms with E-state index >= 15 is 0 Å². The molecule has 0 N–H and O–H groups in total. The second kappa shape index (κ2) is 6.75. The van der Waals surface area contributed by atoms with E-state index in [1.807, 2.05) is 30.5 Å². The highest BCUT2D eigenvalue weighted by molar-refractivity contribution is 7.99. The Hall–Kier alpha value is -2.14. The van der Waals surface area contributed by atoms with Gasteiger partial charge in [-0.15, -0.1) is 10.2 Å². The van der Waals surface area contributed by atoms with E-state index in [1.54, 1.807) is 18.0 Å². The molecule has 3 aromatic rings. The molecule has 4 nitrogen and oxygen atoms in total. The smallest absolute Gasteiger partial charge is 0.196 e. The van der Waals surface area contributed by atoms with Gasteiger partial charge in [0.2, 0.25) is 0 Å². The second-order valence-corrected chi connectivity index (χ2v) is 6.08. The van der Waals surface area contributed by atoms with Gasteiger partial charge in [0.05, 0.1) is 5.69 Å². The van der Waals surface area contributed by atoms with E-state index in [4.69, 9.17) is 0 Å². The summed E-state index contributed by atoms with van der Waals surface area (Å²) in [4.78, 5) is 4.20. The summed E-state index contributed by atoms with van der Waals surface area (Å²) in [5, 5.41) is 9.73. The fraction of sp³-hybridized carbons (Fsp3) is 0.235. The molecule has 0 unspecified atom stereocenters. The van der Waals surface area contributed by atoms with Crippen LogP contribution in [0.5, 0.6) is 0 Å². The molecule has 5 heteroatoms. The minimum Gasteiger partial charge on any atom is -0.270 e. The van der Waals surface area contributed by atoms with Gasteiger partial charge in [0.15, 0.2) is 11.0 Å². The van der Waals surface area contributed by atoms with Crippen LogP contribution in [-0.4, -0.2) is 25.5 Å². The van der Waals surface area contributed by atoms with Crippen molar-refractivity contribution in [2.75, 3.05) is 5.75 Å². The molecular weight excluding hydrogens is 292 g/mol. The van der Waals surface area contributed by atoms with Crippen molar-refractivity contribution in [3.63, 3.8) is 0 Å². The maximum absolute atomic E-state index is 4.41. The van der Waals surface area contributed by atoms with E-state index in [1.165, 1.54) is 5.56 Å². The number of hydrogen-bond donors (Lipinski definition) is 0. The molecule has 0 radical (unpaired) electrons. The van der Waals surface area contributed by atoms with Crippen LogP contribution in [0.1, 0.15) is 18.9 Å². The van der Waals surface area contributed by atoms with Crippen LogP contribution in [0.3, 0.4) is 0 Å². The first-order valence-electron chi connectivity index (χ1n) is 7.36. The van der Waals surface area contributed by atoms with E-state index in [0.717, 1.165) is 34.4 Å². The van der Waals surface area contributed by atoms with Gasteiger partial charge in [-0.1, -0.05) is 36.9 Å². The van der Waals surface area contributed by atoms with Crippen molar-refractivity contribution in [3.8, 4) is 17.1 Å². The number of nitrogens with zero attached hydrogens (tertiary/aromatic N) is 4. The zero-order chi connectivity index (χ0) is 15.4. The molecule has 0 aliphatic rings. The maximum Gasteiger partial charge on any atom is 0.196 e. The third kappa shape index (κ3) is 2.90. The van der Waals surface area contributed by atoms with Crippen LogP contribution in [0.25, 0.3) is 17.1 Å². The Morgan fingerprint density at radius 2 is 1.95 bits per heavy atom. The van der Waals surface area contributed by atoms with Crippen molar-refractivity contribution in [2.24, 2.45) is 0 Å². The molecule has 112 valence electrons. The summed E-state index contributed by atoms with van der Waals surface area (Å²) in [7, 11) is 0. The Kier molecular flexibility index (Phi) is 4.53. The maximum atomic E-state index is 4.41. The van der Waals surface area contributed by atoms with Crippen LogP contribution in [0.15, 0.2) is 53.9 Å². The molecule has 0 amide bonds. The number of para-hydroxylation sites is 1. The quantitative estimate of drug-likeness (QED) is 0.664. The van der Waals surface area contributed by atoms with Crippen molar-refractivity contribution < 1.29 is 0 Å². The van der Waals surface area contributed by atoms with Crippen molar-refractivity contribution in [1.29, 1.82) is 0 Å². The summed E-state index contributed by atoms with van der Waals surface area (Å²) in [6, 6.07) is 12.2. The van der Waals surface area contributed by atoms with Gasteiger partial charge >= 0.3 is 0 Å². The Balaban J connectivity index is 2.16. The molecule has 3 rings (SSSR count). The molecule has 22 heavy (non-hydrogen) atoms. The predicted octanol–water partition coefficient (Wildman–Crippen LogP) is 4.14. The van der Waals surface area contributed by atoms with E-state index in [2.05, 4.69) is 45.7 Å². The molecule has 2 aromatic heterocycles. The SMILES string of the molecule is CCCSc1nnc(-c2cccnc2)n1-c1ccccc1C. The van der Waals surface area contributed by atoms with Gasteiger partial charge in [0, 0.05) is 23.7 Å². The first-order chi connectivity index (χ1) is 10.8. The van der Waals surface area contributed by atoms with Gasteiger partial charge in [-0.25, -0.2) is 0 Å². The van der Waals surface area contributed by atoms with Crippen LogP contribution < -0.4 is 0 Å². The lowest BCUT2D eigenvalue weighted by molar-refractivity contribution is 0.878. The summed E-state index contributed by atoms with van der Waals surface area (Å²) in [5.41, 5.74) is 3.29. The average molecular weight is 310 g/mol. The van der Waals surface area contributed by atoms with Crippen molar-refractivity contribution in [2.45, 2.75) is 25.4 Å². The lowest BCUT2D eigenvalue weighted by Crippen LogP contribution is -2.02. The van der Waals surface area contributed by atoms with E-state index in [9.17, 15) is 0 Å². The molecule has 0 bridgehead atoms. The van der Waals surface area contributed by atoms with Crippen molar-refractivity contribution >= 4 is 11.8 Å². The Morgan fingerprint density at radius 1 is 1.09 bits per heavy atom. The van der Waals surface area contributed by atoms with Crippen molar-refractivity contribution in [1.82, 2.24) is 19.7 Å². The van der Waals surface area contributed by atoms with Crippen LogP contribution in [0, 0.1) is 6.92 Å². The molecule has 0 aliphatic carbocycles. The van der Waals surface area contributed by atoms with Gasteiger partial charge in [0.25, 0.3) is 0 Å². The number of benzene rings is 1. The van der Waals surface area contributed by atoms with Gasteiger partial charge in [-0.3, -0.25) is 9.55 Å². The van der Waals surface area contributed by atoms with Crippen LogP contribution in [0.2, 0.25) is 0 Å². The van der Waals surface area contributed by atoms with Crippen molar-refractivity contribution in [3.05, 3.63) is 54.4 Å². The van der Waals surface area contributed by atoms with Crippen LogP contribution >= 0.6 is 11.8 Å².